The number of benzene rings is 1. The summed E-state index contributed by atoms with van der Waals surface area (Å²) in [5.41, 5.74) is 3.47. The average Bonchev–Trinajstić information content (AvgIpc) is 2.53. The van der Waals surface area contributed by atoms with E-state index in [1.54, 1.807) is 17.1 Å². The molecule has 1 fully saturated rings. The summed E-state index contributed by atoms with van der Waals surface area (Å²) in [5, 5.41) is 1.71. The quantitative estimate of drug-likeness (QED) is 0.701. The van der Waals surface area contributed by atoms with Crippen LogP contribution in [0.2, 0.25) is 0 Å². The maximum atomic E-state index is 12.5. The van der Waals surface area contributed by atoms with Crippen molar-refractivity contribution in [3.05, 3.63) is 30.1 Å². The maximum Gasteiger partial charge on any atom is 0.240 e. The van der Waals surface area contributed by atoms with E-state index in [-0.39, 0.29) is 11.7 Å². The molecule has 1 aromatic rings. The number of carbonyl (C=O) groups is 1. The Bertz CT molecular complexity index is 323. The van der Waals surface area contributed by atoms with E-state index in [1.165, 1.54) is 12.1 Å². The minimum absolute atomic E-state index is 0.00400. The Balaban J connectivity index is 2.17. The van der Waals surface area contributed by atoms with E-state index in [0.29, 0.717) is 13.0 Å². The highest BCUT2D eigenvalue weighted by Crippen LogP contribution is 2.15. The highest BCUT2D eigenvalue weighted by atomic mass is 19.1. The van der Waals surface area contributed by atoms with E-state index in [9.17, 15) is 9.18 Å². The van der Waals surface area contributed by atoms with Crippen molar-refractivity contribution in [2.75, 3.05) is 11.6 Å². The van der Waals surface area contributed by atoms with Crippen molar-refractivity contribution in [2.24, 2.45) is 0 Å². The van der Waals surface area contributed by atoms with Crippen molar-refractivity contribution in [1.29, 1.82) is 0 Å². The molecule has 1 aliphatic rings. The van der Waals surface area contributed by atoms with Crippen molar-refractivity contribution >= 4 is 11.6 Å². The van der Waals surface area contributed by atoms with Crippen LogP contribution in [0.5, 0.6) is 0 Å². The van der Waals surface area contributed by atoms with Crippen LogP contribution in [-0.2, 0) is 4.79 Å². The Morgan fingerprint density at radius 3 is 2.54 bits per heavy atom. The Kier molecular flexibility index (Phi) is 1.88. The van der Waals surface area contributed by atoms with E-state index in [4.69, 9.17) is 0 Å². The van der Waals surface area contributed by atoms with Crippen molar-refractivity contribution in [3.63, 3.8) is 0 Å². The third-order valence-electron chi connectivity index (χ3n) is 1.96. The van der Waals surface area contributed by atoms with Crippen molar-refractivity contribution in [3.8, 4) is 0 Å². The lowest BCUT2D eigenvalue weighted by atomic mass is 10.3. The van der Waals surface area contributed by atoms with Gasteiger partial charge in [-0.15, -0.1) is 0 Å². The van der Waals surface area contributed by atoms with Gasteiger partial charge in [0.2, 0.25) is 5.91 Å². The summed E-state index contributed by atoms with van der Waals surface area (Å²) in [6.07, 6.45) is 0.497. The normalized spacial score (nSPS) is 16.1. The van der Waals surface area contributed by atoms with E-state index >= 15 is 0 Å². The number of nitrogens with zero attached hydrogens (tertiary/aromatic N) is 1. The van der Waals surface area contributed by atoms with Gasteiger partial charge in [-0.05, 0) is 24.3 Å². The summed E-state index contributed by atoms with van der Waals surface area (Å²) in [4.78, 5) is 10.9. The topological polar surface area (TPSA) is 32.3 Å². The van der Waals surface area contributed by atoms with Gasteiger partial charge in [-0.2, -0.15) is 0 Å². The summed E-state index contributed by atoms with van der Waals surface area (Å²) in [6.45, 7) is 0.643. The summed E-state index contributed by atoms with van der Waals surface area (Å²) < 4.78 is 12.5. The predicted octanol–water partition coefficient (Wildman–Crippen LogP) is 1.07. The lowest BCUT2D eigenvalue weighted by Crippen LogP contribution is -2.32. The smallest absolute Gasteiger partial charge is 0.240 e. The Hall–Kier alpha value is -1.58. The van der Waals surface area contributed by atoms with Gasteiger partial charge in [-0.1, -0.05) is 0 Å². The minimum Gasteiger partial charge on any atom is -0.285 e. The third kappa shape index (κ3) is 1.61. The highest BCUT2D eigenvalue weighted by molar-refractivity contribution is 5.81. The molecule has 0 spiro atoms. The van der Waals surface area contributed by atoms with Crippen LogP contribution in [0.15, 0.2) is 24.3 Å². The lowest BCUT2D eigenvalue weighted by Gasteiger charge is -2.16. The van der Waals surface area contributed by atoms with Crippen molar-refractivity contribution in [2.45, 2.75) is 6.42 Å². The average molecular weight is 180 g/mol. The first-order valence-electron chi connectivity index (χ1n) is 4.08. The molecule has 0 saturated carbocycles. The van der Waals surface area contributed by atoms with E-state index in [2.05, 4.69) is 5.43 Å². The van der Waals surface area contributed by atoms with Gasteiger partial charge in [0.1, 0.15) is 5.82 Å². The fourth-order valence-corrected chi connectivity index (χ4v) is 1.29. The molecule has 0 aromatic heterocycles. The van der Waals surface area contributed by atoms with Crippen LogP contribution in [0.4, 0.5) is 10.1 Å². The summed E-state index contributed by atoms with van der Waals surface area (Å²) in [5.74, 6) is -0.265. The van der Waals surface area contributed by atoms with Gasteiger partial charge in [-0.25, -0.2) is 4.39 Å². The Morgan fingerprint density at radius 1 is 1.31 bits per heavy atom. The summed E-state index contributed by atoms with van der Waals surface area (Å²) >= 11 is 0. The van der Waals surface area contributed by atoms with Gasteiger partial charge < -0.3 is 0 Å². The first kappa shape index (κ1) is 8.04. The molecule has 0 atom stereocenters. The number of carbonyl (C=O) groups excluding carboxylic acids is 1. The van der Waals surface area contributed by atoms with E-state index in [0.717, 1.165) is 5.69 Å². The molecule has 3 nitrogen and oxygen atoms in total. The van der Waals surface area contributed by atoms with Crippen LogP contribution < -0.4 is 10.4 Å². The third-order valence-corrected chi connectivity index (χ3v) is 1.96. The molecule has 1 heterocycles. The van der Waals surface area contributed by atoms with Gasteiger partial charge in [0, 0.05) is 13.0 Å². The molecule has 1 N–H and O–H groups in total. The molecular weight excluding hydrogens is 171 g/mol. The first-order chi connectivity index (χ1) is 6.25. The number of amides is 1. The standard InChI is InChI=1S/C9H9FN2O/c10-7-1-3-8(4-2-7)12-6-5-9(13)11-12/h1-4H,5-6H2,(H,11,13). The molecule has 0 unspecified atom stereocenters. The van der Waals surface area contributed by atoms with Gasteiger partial charge in [0.25, 0.3) is 0 Å². The molecule has 0 aliphatic carbocycles. The second-order valence-electron chi connectivity index (χ2n) is 2.91. The summed E-state index contributed by atoms with van der Waals surface area (Å²) in [7, 11) is 0. The molecule has 1 aliphatic heterocycles. The molecule has 1 aromatic carbocycles. The van der Waals surface area contributed by atoms with Crippen LogP contribution in [0.25, 0.3) is 0 Å². The van der Waals surface area contributed by atoms with Gasteiger partial charge in [-0.3, -0.25) is 15.2 Å². The molecule has 1 saturated heterocycles. The number of nitrogens with one attached hydrogen (secondary N) is 1. The van der Waals surface area contributed by atoms with E-state index < -0.39 is 0 Å². The van der Waals surface area contributed by atoms with Crippen molar-refractivity contribution in [1.82, 2.24) is 5.43 Å². The molecule has 1 amide bonds. The number of hydrazine groups is 1. The SMILES string of the molecule is O=C1CCN(c2ccc(F)cc2)N1. The Labute approximate surface area is 75.1 Å². The van der Waals surface area contributed by atoms with Gasteiger partial charge >= 0.3 is 0 Å². The number of rotatable bonds is 1. The zero-order valence-electron chi connectivity index (χ0n) is 6.96. The second kappa shape index (κ2) is 3.05. The van der Waals surface area contributed by atoms with Crippen molar-refractivity contribution < 1.29 is 9.18 Å². The lowest BCUT2D eigenvalue weighted by molar-refractivity contribution is -0.119. The first-order valence-corrected chi connectivity index (χ1v) is 4.08. The number of hydrogen-bond acceptors (Lipinski definition) is 2. The summed E-state index contributed by atoms with van der Waals surface area (Å²) in [6, 6.07) is 6.03. The number of halogens is 1. The second-order valence-corrected chi connectivity index (χ2v) is 2.91. The van der Waals surface area contributed by atoms with Crippen LogP contribution in [0, 0.1) is 5.82 Å². The molecular formula is C9H9FN2O. The molecule has 4 heteroatoms. The Morgan fingerprint density at radius 2 is 2.00 bits per heavy atom. The minimum atomic E-state index is -0.269. The zero-order chi connectivity index (χ0) is 9.26. The fraction of sp³-hybridized carbons (Fsp3) is 0.222. The largest absolute Gasteiger partial charge is 0.285 e. The predicted molar refractivity (Wildman–Crippen MR) is 46.5 cm³/mol. The van der Waals surface area contributed by atoms with Gasteiger partial charge in [0.05, 0.1) is 5.69 Å². The highest BCUT2D eigenvalue weighted by Gasteiger charge is 2.17. The van der Waals surface area contributed by atoms with Crippen LogP contribution in [0.3, 0.4) is 0 Å². The number of hydrogen-bond donors (Lipinski definition) is 1. The molecule has 13 heavy (non-hydrogen) atoms. The molecule has 2 rings (SSSR count). The molecule has 0 radical (unpaired) electrons. The van der Waals surface area contributed by atoms with E-state index in [1.807, 2.05) is 0 Å². The maximum absolute atomic E-state index is 12.5. The van der Waals surface area contributed by atoms with Crippen LogP contribution >= 0.6 is 0 Å². The van der Waals surface area contributed by atoms with Gasteiger partial charge in [0.15, 0.2) is 0 Å². The van der Waals surface area contributed by atoms with Crippen LogP contribution in [0.1, 0.15) is 6.42 Å². The fourth-order valence-electron chi connectivity index (χ4n) is 1.29. The molecule has 68 valence electrons. The molecule has 0 bridgehead atoms. The van der Waals surface area contributed by atoms with Crippen LogP contribution in [-0.4, -0.2) is 12.5 Å². The monoisotopic (exact) mass is 180 g/mol. The zero-order valence-corrected chi connectivity index (χ0v) is 6.96. The number of anilines is 1.